The Labute approximate surface area is 102 Å². The molecule has 1 unspecified atom stereocenters. The van der Waals surface area contributed by atoms with Gasteiger partial charge in [-0.05, 0) is 37.6 Å². The predicted molar refractivity (Wildman–Crippen MR) is 71.0 cm³/mol. The van der Waals surface area contributed by atoms with Crippen LogP contribution in [0.25, 0.3) is 11.3 Å². The maximum absolute atomic E-state index is 5.91. The van der Waals surface area contributed by atoms with Crippen molar-refractivity contribution in [3.05, 3.63) is 47.7 Å². The van der Waals surface area contributed by atoms with Gasteiger partial charge in [-0.15, -0.1) is 0 Å². The summed E-state index contributed by atoms with van der Waals surface area (Å²) in [4.78, 5) is 0. The van der Waals surface area contributed by atoms with Gasteiger partial charge in [0.2, 0.25) is 0 Å². The van der Waals surface area contributed by atoms with Crippen LogP contribution in [0.1, 0.15) is 30.6 Å². The highest BCUT2D eigenvalue weighted by Crippen LogP contribution is 2.29. The maximum Gasteiger partial charge on any atom is 0.134 e. The van der Waals surface area contributed by atoms with E-state index in [9.17, 15) is 0 Å². The highest BCUT2D eigenvalue weighted by molar-refractivity contribution is 5.61. The van der Waals surface area contributed by atoms with Crippen molar-refractivity contribution < 1.29 is 4.42 Å². The van der Waals surface area contributed by atoms with Gasteiger partial charge in [0.15, 0.2) is 0 Å². The van der Waals surface area contributed by atoms with Gasteiger partial charge in [-0.1, -0.05) is 31.2 Å². The summed E-state index contributed by atoms with van der Waals surface area (Å²) >= 11 is 0. The predicted octanol–water partition coefficient (Wildman–Crippen LogP) is 3.71. The van der Waals surface area contributed by atoms with Gasteiger partial charge in [-0.25, -0.2) is 0 Å². The first-order valence-electron chi connectivity index (χ1n) is 6.08. The quantitative estimate of drug-likeness (QED) is 0.868. The van der Waals surface area contributed by atoms with Crippen LogP contribution in [0.5, 0.6) is 0 Å². The summed E-state index contributed by atoms with van der Waals surface area (Å²) in [6, 6.07) is 12.4. The van der Waals surface area contributed by atoms with Crippen LogP contribution in [-0.4, -0.2) is 6.54 Å². The number of benzene rings is 1. The molecule has 90 valence electrons. The molecule has 1 atom stereocenters. The van der Waals surface area contributed by atoms with Crippen LogP contribution < -0.4 is 5.73 Å². The van der Waals surface area contributed by atoms with Gasteiger partial charge in [0.25, 0.3) is 0 Å². The monoisotopic (exact) mass is 229 g/mol. The van der Waals surface area contributed by atoms with E-state index in [1.807, 2.05) is 18.2 Å². The van der Waals surface area contributed by atoms with E-state index in [1.165, 1.54) is 11.1 Å². The van der Waals surface area contributed by atoms with E-state index >= 15 is 0 Å². The van der Waals surface area contributed by atoms with Crippen molar-refractivity contribution in [1.29, 1.82) is 0 Å². The van der Waals surface area contributed by atoms with E-state index in [1.54, 1.807) is 0 Å². The lowest BCUT2D eigenvalue weighted by Crippen LogP contribution is -2.03. The number of hydrogen-bond acceptors (Lipinski definition) is 2. The van der Waals surface area contributed by atoms with Gasteiger partial charge in [0.1, 0.15) is 11.5 Å². The normalized spacial score (nSPS) is 12.6. The van der Waals surface area contributed by atoms with Crippen molar-refractivity contribution in [3.63, 3.8) is 0 Å². The molecule has 0 aliphatic rings. The fraction of sp³-hybridized carbons (Fsp3) is 0.333. The standard InChI is InChI=1S/C15H19NO/c1-11-5-3-4-6-13(11)15-8-7-14(17-15)12(2)9-10-16/h3-8,12H,9-10,16H2,1-2H3. The minimum atomic E-state index is 0.387. The molecule has 0 saturated carbocycles. The molecule has 0 bridgehead atoms. The fourth-order valence-corrected chi connectivity index (χ4v) is 2.00. The van der Waals surface area contributed by atoms with Crippen molar-refractivity contribution in [2.75, 3.05) is 6.54 Å². The second kappa shape index (κ2) is 5.19. The van der Waals surface area contributed by atoms with Crippen molar-refractivity contribution in [2.45, 2.75) is 26.2 Å². The van der Waals surface area contributed by atoms with E-state index in [0.29, 0.717) is 12.5 Å². The van der Waals surface area contributed by atoms with Gasteiger partial charge in [0.05, 0.1) is 0 Å². The first kappa shape index (κ1) is 11.9. The van der Waals surface area contributed by atoms with E-state index < -0.39 is 0 Å². The molecule has 1 aromatic carbocycles. The van der Waals surface area contributed by atoms with Crippen LogP contribution in [-0.2, 0) is 0 Å². The minimum Gasteiger partial charge on any atom is -0.461 e. The van der Waals surface area contributed by atoms with Gasteiger partial charge < -0.3 is 10.2 Å². The summed E-state index contributed by atoms with van der Waals surface area (Å²) in [7, 11) is 0. The molecule has 2 N–H and O–H groups in total. The van der Waals surface area contributed by atoms with Crippen LogP contribution in [0.15, 0.2) is 40.8 Å². The van der Waals surface area contributed by atoms with E-state index in [4.69, 9.17) is 10.2 Å². The third-order valence-electron chi connectivity index (χ3n) is 3.12. The average Bonchev–Trinajstić information content (AvgIpc) is 2.79. The van der Waals surface area contributed by atoms with Gasteiger partial charge in [-0.2, -0.15) is 0 Å². The molecule has 1 aromatic heterocycles. The highest BCUT2D eigenvalue weighted by Gasteiger charge is 2.11. The van der Waals surface area contributed by atoms with E-state index in [-0.39, 0.29) is 0 Å². The molecule has 0 saturated heterocycles. The number of furan rings is 1. The fourth-order valence-electron chi connectivity index (χ4n) is 2.00. The van der Waals surface area contributed by atoms with E-state index in [2.05, 4.69) is 32.0 Å². The summed E-state index contributed by atoms with van der Waals surface area (Å²) in [6.07, 6.45) is 0.959. The molecule has 2 heteroatoms. The third-order valence-corrected chi connectivity index (χ3v) is 3.12. The molecule has 0 aliphatic carbocycles. The number of aryl methyl sites for hydroxylation is 1. The number of hydrogen-bond donors (Lipinski definition) is 1. The Morgan fingerprint density at radius 3 is 2.65 bits per heavy atom. The molecule has 0 spiro atoms. The Morgan fingerprint density at radius 1 is 1.18 bits per heavy atom. The second-order valence-corrected chi connectivity index (χ2v) is 4.50. The molecule has 0 amide bonds. The molecule has 2 rings (SSSR count). The first-order valence-corrected chi connectivity index (χ1v) is 6.08. The summed E-state index contributed by atoms with van der Waals surface area (Å²) < 4.78 is 5.91. The Balaban J connectivity index is 2.27. The molecular formula is C15H19NO. The van der Waals surface area contributed by atoms with Crippen molar-refractivity contribution >= 4 is 0 Å². The maximum atomic E-state index is 5.91. The number of nitrogens with two attached hydrogens (primary N) is 1. The minimum absolute atomic E-state index is 0.387. The van der Waals surface area contributed by atoms with E-state index in [0.717, 1.165) is 17.9 Å². The van der Waals surface area contributed by atoms with Gasteiger partial charge in [0, 0.05) is 11.5 Å². The number of rotatable bonds is 4. The first-order chi connectivity index (χ1) is 8.22. The Bertz CT molecular complexity index is 487. The zero-order valence-corrected chi connectivity index (χ0v) is 10.4. The van der Waals surface area contributed by atoms with Crippen LogP contribution in [0.3, 0.4) is 0 Å². The average molecular weight is 229 g/mol. The smallest absolute Gasteiger partial charge is 0.134 e. The topological polar surface area (TPSA) is 39.2 Å². The lowest BCUT2D eigenvalue weighted by atomic mass is 10.1. The van der Waals surface area contributed by atoms with Crippen molar-refractivity contribution in [2.24, 2.45) is 5.73 Å². The zero-order chi connectivity index (χ0) is 12.3. The molecule has 1 heterocycles. The summed E-state index contributed by atoms with van der Waals surface area (Å²) in [5.74, 6) is 2.36. The zero-order valence-electron chi connectivity index (χ0n) is 10.4. The third kappa shape index (κ3) is 2.59. The Morgan fingerprint density at radius 2 is 1.94 bits per heavy atom. The molecule has 0 radical (unpaired) electrons. The Kier molecular flexibility index (Phi) is 3.64. The lowest BCUT2D eigenvalue weighted by Gasteiger charge is -2.06. The molecule has 2 nitrogen and oxygen atoms in total. The molecule has 2 aromatic rings. The van der Waals surface area contributed by atoms with Crippen LogP contribution in [0, 0.1) is 6.92 Å². The van der Waals surface area contributed by atoms with Gasteiger partial charge in [-0.3, -0.25) is 0 Å². The van der Waals surface area contributed by atoms with Crippen molar-refractivity contribution in [1.82, 2.24) is 0 Å². The molecule has 0 aliphatic heterocycles. The molecule has 0 fully saturated rings. The lowest BCUT2D eigenvalue weighted by molar-refractivity contribution is 0.473. The van der Waals surface area contributed by atoms with Crippen LogP contribution in [0.4, 0.5) is 0 Å². The molecule has 17 heavy (non-hydrogen) atoms. The SMILES string of the molecule is Cc1ccccc1-c1ccc(C(C)CCN)o1. The highest BCUT2D eigenvalue weighted by atomic mass is 16.3. The van der Waals surface area contributed by atoms with Gasteiger partial charge >= 0.3 is 0 Å². The largest absolute Gasteiger partial charge is 0.461 e. The summed E-state index contributed by atoms with van der Waals surface area (Å²) in [5, 5.41) is 0. The second-order valence-electron chi connectivity index (χ2n) is 4.50. The summed E-state index contributed by atoms with van der Waals surface area (Å²) in [6.45, 7) is 4.94. The van der Waals surface area contributed by atoms with Crippen LogP contribution >= 0.6 is 0 Å². The Hall–Kier alpha value is -1.54. The van der Waals surface area contributed by atoms with Crippen LogP contribution in [0.2, 0.25) is 0 Å². The summed E-state index contributed by atoms with van der Waals surface area (Å²) in [5.41, 5.74) is 7.97. The van der Waals surface area contributed by atoms with Crippen molar-refractivity contribution in [3.8, 4) is 11.3 Å². The molecular weight excluding hydrogens is 210 g/mol.